The number of pyridine rings is 1. The number of likely N-dealkylation sites (tertiary alicyclic amines) is 1. The van der Waals surface area contributed by atoms with Gasteiger partial charge in [0.25, 0.3) is 0 Å². The zero-order valence-corrected chi connectivity index (χ0v) is 21.5. The van der Waals surface area contributed by atoms with E-state index in [0.717, 1.165) is 56.4 Å². The number of guanidine groups is 1. The first-order valence-corrected chi connectivity index (χ1v) is 11.1. The average Bonchev–Trinajstić information content (AvgIpc) is 3.12. The van der Waals surface area contributed by atoms with Gasteiger partial charge in [-0.15, -0.1) is 24.0 Å². The predicted octanol–water partition coefficient (Wildman–Crippen LogP) is 1.80. The highest BCUT2D eigenvalue weighted by atomic mass is 127. The number of carbonyl (C=O) groups is 1. The van der Waals surface area contributed by atoms with E-state index in [4.69, 9.17) is 5.73 Å². The van der Waals surface area contributed by atoms with Gasteiger partial charge in [0.15, 0.2) is 5.96 Å². The van der Waals surface area contributed by atoms with Gasteiger partial charge in [-0.05, 0) is 38.7 Å². The van der Waals surface area contributed by atoms with Gasteiger partial charge in [0.05, 0.1) is 0 Å². The Morgan fingerprint density at radius 1 is 1.32 bits per heavy atom. The third-order valence-corrected chi connectivity index (χ3v) is 6.43. The van der Waals surface area contributed by atoms with E-state index in [1.165, 1.54) is 0 Å². The Labute approximate surface area is 203 Å². The summed E-state index contributed by atoms with van der Waals surface area (Å²) in [5.41, 5.74) is 6.60. The summed E-state index contributed by atoms with van der Waals surface area (Å²) in [6.45, 7) is 11.2. The van der Waals surface area contributed by atoms with Gasteiger partial charge in [-0.3, -0.25) is 14.7 Å². The zero-order valence-electron chi connectivity index (χ0n) is 19.2. The van der Waals surface area contributed by atoms with E-state index in [-0.39, 0.29) is 35.8 Å². The van der Waals surface area contributed by atoms with Crippen molar-refractivity contribution in [2.75, 3.05) is 38.1 Å². The minimum absolute atomic E-state index is 0. The van der Waals surface area contributed by atoms with Crippen molar-refractivity contribution >= 4 is 41.7 Å². The lowest BCUT2D eigenvalue weighted by molar-refractivity contribution is -0.122. The van der Waals surface area contributed by atoms with Gasteiger partial charge in [-0.1, -0.05) is 13.0 Å². The summed E-state index contributed by atoms with van der Waals surface area (Å²) in [5, 5.41) is 7.06. The van der Waals surface area contributed by atoms with E-state index < -0.39 is 0 Å². The van der Waals surface area contributed by atoms with Crippen molar-refractivity contribution in [3.63, 3.8) is 0 Å². The fourth-order valence-electron chi connectivity index (χ4n) is 4.39. The molecule has 8 nitrogen and oxygen atoms in total. The van der Waals surface area contributed by atoms with Crippen LogP contribution < -0.4 is 21.3 Å². The number of nitrogens with one attached hydrogen (secondary N) is 2. The fourth-order valence-corrected chi connectivity index (χ4v) is 4.39. The molecule has 174 valence electrons. The largest absolute Gasteiger partial charge is 0.369 e. The molecule has 0 aromatic carbocycles. The van der Waals surface area contributed by atoms with Gasteiger partial charge < -0.3 is 21.3 Å². The Morgan fingerprint density at radius 3 is 2.61 bits per heavy atom. The highest BCUT2D eigenvalue weighted by Gasteiger charge is 2.31. The van der Waals surface area contributed by atoms with E-state index >= 15 is 0 Å². The Hall–Kier alpha value is -1.62. The van der Waals surface area contributed by atoms with E-state index in [9.17, 15) is 4.79 Å². The van der Waals surface area contributed by atoms with Crippen LogP contribution in [0, 0.1) is 11.8 Å². The standard InChI is InChI=1S/C22H37N7O.HI/c1-15(2)29-13-16(3)19(14-29)27-22(24-4)26-12-18-6-5-9-25-21(18)28-10-7-17(8-11-28)20(23)30;/h5-6,9,15-17,19H,7-8,10-14H2,1-4H3,(H2,23,30)(H2,24,26,27);1H. The number of nitrogens with zero attached hydrogens (tertiary/aromatic N) is 4. The van der Waals surface area contributed by atoms with E-state index in [2.05, 4.69) is 57.2 Å². The molecule has 1 aromatic heterocycles. The number of amides is 1. The molecule has 1 aromatic rings. The minimum atomic E-state index is -0.190. The molecule has 31 heavy (non-hydrogen) atoms. The second-order valence-electron chi connectivity index (χ2n) is 8.85. The molecule has 2 unspecified atom stereocenters. The molecular formula is C22H38IN7O. The maximum absolute atomic E-state index is 11.5. The number of carbonyl (C=O) groups excluding carboxylic acids is 1. The molecule has 2 aliphatic heterocycles. The number of hydrogen-bond donors (Lipinski definition) is 3. The van der Waals surface area contributed by atoms with E-state index in [1.54, 1.807) is 0 Å². The number of nitrogens with two attached hydrogens (primary N) is 1. The molecule has 2 saturated heterocycles. The summed E-state index contributed by atoms with van der Waals surface area (Å²) < 4.78 is 0. The molecule has 9 heteroatoms. The number of anilines is 1. The highest BCUT2D eigenvalue weighted by molar-refractivity contribution is 14.0. The average molecular weight is 543 g/mol. The van der Waals surface area contributed by atoms with Crippen LogP contribution in [0.1, 0.15) is 39.2 Å². The maximum atomic E-state index is 11.5. The van der Waals surface area contributed by atoms with Crippen LogP contribution in [0.15, 0.2) is 23.3 Å². The predicted molar refractivity (Wildman–Crippen MR) is 137 cm³/mol. The lowest BCUT2D eigenvalue weighted by atomic mass is 9.96. The summed E-state index contributed by atoms with van der Waals surface area (Å²) in [6, 6.07) is 5.01. The molecule has 2 aliphatic rings. The minimum Gasteiger partial charge on any atom is -0.369 e. The number of primary amides is 1. The van der Waals surface area contributed by atoms with Gasteiger partial charge in [0.1, 0.15) is 5.82 Å². The smallest absolute Gasteiger partial charge is 0.220 e. The SMILES string of the molecule is CN=C(NCc1cccnc1N1CCC(C(N)=O)CC1)NC1CN(C(C)C)CC1C.I. The lowest BCUT2D eigenvalue weighted by Gasteiger charge is -2.32. The van der Waals surface area contributed by atoms with Crippen molar-refractivity contribution in [1.82, 2.24) is 20.5 Å². The van der Waals surface area contributed by atoms with Crippen molar-refractivity contribution in [2.24, 2.45) is 22.6 Å². The third-order valence-electron chi connectivity index (χ3n) is 6.43. The number of halogens is 1. The molecule has 0 aliphatic carbocycles. The van der Waals surface area contributed by atoms with Gasteiger partial charge in [-0.2, -0.15) is 0 Å². The zero-order chi connectivity index (χ0) is 21.7. The van der Waals surface area contributed by atoms with Gasteiger partial charge in [0, 0.05) is 69.5 Å². The van der Waals surface area contributed by atoms with Crippen molar-refractivity contribution in [3.05, 3.63) is 23.9 Å². The molecule has 3 heterocycles. The summed E-state index contributed by atoms with van der Waals surface area (Å²) in [7, 11) is 1.81. The van der Waals surface area contributed by atoms with Crippen LogP contribution in [0.3, 0.4) is 0 Å². The van der Waals surface area contributed by atoms with Crippen LogP contribution >= 0.6 is 24.0 Å². The van der Waals surface area contributed by atoms with Crippen LogP contribution in [-0.4, -0.2) is 67.1 Å². The number of rotatable bonds is 6. The van der Waals surface area contributed by atoms with Crippen LogP contribution in [-0.2, 0) is 11.3 Å². The molecule has 2 atom stereocenters. The maximum Gasteiger partial charge on any atom is 0.220 e. The Morgan fingerprint density at radius 2 is 2.03 bits per heavy atom. The first kappa shape index (κ1) is 25.6. The number of hydrogen-bond acceptors (Lipinski definition) is 5. The van der Waals surface area contributed by atoms with Gasteiger partial charge in [-0.25, -0.2) is 4.98 Å². The second kappa shape index (κ2) is 11.8. The van der Waals surface area contributed by atoms with Crippen molar-refractivity contribution < 1.29 is 4.79 Å². The van der Waals surface area contributed by atoms with Crippen LogP contribution in [0.2, 0.25) is 0 Å². The van der Waals surface area contributed by atoms with Crippen molar-refractivity contribution in [3.8, 4) is 0 Å². The Balaban J connectivity index is 0.00000341. The summed E-state index contributed by atoms with van der Waals surface area (Å²) >= 11 is 0. The molecule has 4 N–H and O–H groups in total. The third kappa shape index (κ3) is 6.68. The molecule has 3 rings (SSSR count). The number of aromatic nitrogens is 1. The van der Waals surface area contributed by atoms with Crippen LogP contribution in [0.5, 0.6) is 0 Å². The normalized spacial score (nSPS) is 23.0. The quantitative estimate of drug-likeness (QED) is 0.288. The Kier molecular flexibility index (Phi) is 9.80. The molecule has 1 amide bonds. The molecule has 0 radical (unpaired) electrons. The molecule has 0 saturated carbocycles. The van der Waals surface area contributed by atoms with Crippen molar-refractivity contribution in [1.29, 1.82) is 0 Å². The summed E-state index contributed by atoms with van der Waals surface area (Å²) in [6.07, 6.45) is 3.40. The van der Waals surface area contributed by atoms with Crippen LogP contribution in [0.25, 0.3) is 0 Å². The Bertz CT molecular complexity index is 749. The molecule has 0 bridgehead atoms. The number of piperidine rings is 1. The molecular weight excluding hydrogens is 505 g/mol. The number of aliphatic imine (C=N–C) groups is 1. The van der Waals surface area contributed by atoms with E-state index in [0.29, 0.717) is 24.5 Å². The van der Waals surface area contributed by atoms with Gasteiger partial charge >= 0.3 is 0 Å². The second-order valence-corrected chi connectivity index (χ2v) is 8.85. The first-order chi connectivity index (χ1) is 14.4. The van der Waals surface area contributed by atoms with Crippen LogP contribution in [0.4, 0.5) is 5.82 Å². The monoisotopic (exact) mass is 543 g/mol. The lowest BCUT2D eigenvalue weighted by Crippen LogP contribution is -2.46. The topological polar surface area (TPSA) is 98.9 Å². The summed E-state index contributed by atoms with van der Waals surface area (Å²) in [5.74, 6) is 2.16. The molecule has 0 spiro atoms. The van der Waals surface area contributed by atoms with E-state index in [1.807, 2.05) is 19.3 Å². The van der Waals surface area contributed by atoms with Gasteiger partial charge in [0.2, 0.25) is 5.91 Å². The highest BCUT2D eigenvalue weighted by Crippen LogP contribution is 2.24. The first-order valence-electron chi connectivity index (χ1n) is 11.1. The molecule has 2 fully saturated rings. The fraction of sp³-hybridized carbons (Fsp3) is 0.682. The summed E-state index contributed by atoms with van der Waals surface area (Å²) in [4.78, 5) is 25.3. The van der Waals surface area contributed by atoms with Crippen molar-refractivity contribution in [2.45, 2.75) is 52.2 Å².